The minimum Gasteiger partial charge on any atom is -0.397 e. The Kier molecular flexibility index (Phi) is 4.16. The first-order valence-corrected chi connectivity index (χ1v) is 8.09. The largest absolute Gasteiger partial charge is 0.397 e. The maximum absolute atomic E-state index is 6.15. The third-order valence-corrected chi connectivity index (χ3v) is 4.90. The molecular formula is C17H27N3. The van der Waals surface area contributed by atoms with E-state index >= 15 is 0 Å². The number of piperidine rings is 2. The first-order chi connectivity index (χ1) is 9.74. The fourth-order valence-electron chi connectivity index (χ4n) is 3.68. The minimum atomic E-state index is 0.803. The summed E-state index contributed by atoms with van der Waals surface area (Å²) in [6.07, 6.45) is 6.78. The van der Waals surface area contributed by atoms with Gasteiger partial charge in [0.1, 0.15) is 0 Å². The molecule has 0 saturated carbocycles. The fraction of sp³-hybridized carbons (Fsp3) is 0.647. The van der Waals surface area contributed by atoms with Crippen LogP contribution in [0.5, 0.6) is 0 Å². The number of likely N-dealkylation sites (tertiary alicyclic amines) is 1. The molecule has 2 fully saturated rings. The van der Waals surface area contributed by atoms with Crippen molar-refractivity contribution in [3.05, 3.63) is 23.8 Å². The number of anilines is 2. The molecule has 0 radical (unpaired) electrons. The summed E-state index contributed by atoms with van der Waals surface area (Å²) in [4.78, 5) is 5.20. The minimum absolute atomic E-state index is 0.803. The number of nitrogens with two attached hydrogens (primary N) is 1. The molecule has 0 aromatic heterocycles. The Balaban J connectivity index is 1.61. The molecule has 20 heavy (non-hydrogen) atoms. The van der Waals surface area contributed by atoms with E-state index in [2.05, 4.69) is 28.9 Å². The van der Waals surface area contributed by atoms with Gasteiger partial charge in [-0.15, -0.1) is 0 Å². The fourth-order valence-corrected chi connectivity index (χ4v) is 3.68. The van der Waals surface area contributed by atoms with Crippen LogP contribution in [0.25, 0.3) is 0 Å². The molecule has 2 heterocycles. The second-order valence-electron chi connectivity index (χ2n) is 6.38. The average molecular weight is 273 g/mol. The van der Waals surface area contributed by atoms with Gasteiger partial charge < -0.3 is 15.5 Å². The summed E-state index contributed by atoms with van der Waals surface area (Å²) in [5.41, 5.74) is 9.61. The van der Waals surface area contributed by atoms with Gasteiger partial charge in [-0.25, -0.2) is 0 Å². The number of nitrogens with zero attached hydrogens (tertiary/aromatic N) is 2. The molecule has 0 bridgehead atoms. The van der Waals surface area contributed by atoms with Crippen LogP contribution in [-0.2, 0) is 0 Å². The summed E-state index contributed by atoms with van der Waals surface area (Å²) < 4.78 is 0. The van der Waals surface area contributed by atoms with Gasteiger partial charge in [0.15, 0.2) is 0 Å². The Bertz CT molecular complexity index is 444. The predicted octanol–water partition coefficient (Wildman–Crippen LogP) is 3.03. The van der Waals surface area contributed by atoms with Crippen LogP contribution in [0.1, 0.15) is 37.7 Å². The van der Waals surface area contributed by atoms with Gasteiger partial charge in [-0.05, 0) is 63.4 Å². The second kappa shape index (κ2) is 6.04. The third-order valence-electron chi connectivity index (χ3n) is 4.90. The topological polar surface area (TPSA) is 32.5 Å². The predicted molar refractivity (Wildman–Crippen MR) is 86.3 cm³/mol. The number of benzene rings is 1. The molecule has 0 spiro atoms. The normalized spacial score (nSPS) is 22.1. The van der Waals surface area contributed by atoms with E-state index in [1.54, 1.807) is 0 Å². The summed E-state index contributed by atoms with van der Waals surface area (Å²) in [6, 6.07) is 7.18. The van der Waals surface area contributed by atoms with Gasteiger partial charge >= 0.3 is 0 Å². The van der Waals surface area contributed by atoms with Gasteiger partial charge in [0.05, 0.1) is 11.4 Å². The number of nitrogen functional groups attached to an aromatic ring is 1. The van der Waals surface area contributed by atoms with E-state index in [0.717, 1.165) is 24.8 Å². The highest BCUT2D eigenvalue weighted by Gasteiger charge is 2.26. The molecule has 0 aliphatic carbocycles. The Morgan fingerprint density at radius 1 is 1.00 bits per heavy atom. The van der Waals surface area contributed by atoms with Gasteiger partial charge in [-0.2, -0.15) is 0 Å². The summed E-state index contributed by atoms with van der Waals surface area (Å²) in [7, 11) is 0. The van der Waals surface area contributed by atoms with Crippen molar-refractivity contribution < 1.29 is 0 Å². The van der Waals surface area contributed by atoms with Crippen LogP contribution in [0.2, 0.25) is 0 Å². The average Bonchev–Trinajstić information content (AvgIpc) is 2.51. The zero-order chi connectivity index (χ0) is 13.9. The molecule has 0 unspecified atom stereocenters. The van der Waals surface area contributed by atoms with Crippen molar-refractivity contribution >= 4 is 11.4 Å². The third kappa shape index (κ3) is 2.93. The van der Waals surface area contributed by atoms with Crippen LogP contribution in [0.15, 0.2) is 18.2 Å². The number of hydrogen-bond donors (Lipinski definition) is 1. The first kappa shape index (κ1) is 13.7. The molecular weight excluding hydrogens is 246 g/mol. The standard InChI is InChI=1S/C17H27N3/c1-14-5-6-16(18)17(13-14)20-11-7-15(8-12-20)19-9-3-2-4-10-19/h5-6,13,15H,2-4,7-12,18H2,1H3. The zero-order valence-corrected chi connectivity index (χ0v) is 12.6. The van der Waals surface area contributed by atoms with E-state index in [1.807, 2.05) is 6.07 Å². The maximum atomic E-state index is 6.15. The van der Waals surface area contributed by atoms with E-state index in [1.165, 1.54) is 56.4 Å². The van der Waals surface area contributed by atoms with Gasteiger partial charge in [0.25, 0.3) is 0 Å². The maximum Gasteiger partial charge on any atom is 0.0602 e. The summed E-state index contributed by atoms with van der Waals surface area (Å²) in [6.45, 7) is 7.07. The lowest BCUT2D eigenvalue weighted by atomic mass is 9.99. The Morgan fingerprint density at radius 3 is 2.40 bits per heavy atom. The number of hydrogen-bond acceptors (Lipinski definition) is 3. The quantitative estimate of drug-likeness (QED) is 0.841. The SMILES string of the molecule is Cc1ccc(N)c(N2CCC(N3CCCCC3)CC2)c1. The van der Waals surface area contributed by atoms with Gasteiger partial charge in [-0.1, -0.05) is 12.5 Å². The first-order valence-electron chi connectivity index (χ1n) is 8.09. The van der Waals surface area contributed by atoms with Crippen molar-refractivity contribution in [3.63, 3.8) is 0 Å². The zero-order valence-electron chi connectivity index (χ0n) is 12.6. The molecule has 1 aromatic rings. The van der Waals surface area contributed by atoms with Crippen LogP contribution < -0.4 is 10.6 Å². The highest BCUT2D eigenvalue weighted by Crippen LogP contribution is 2.29. The lowest BCUT2D eigenvalue weighted by molar-refractivity contribution is 0.141. The molecule has 0 atom stereocenters. The Hall–Kier alpha value is -1.22. The molecule has 110 valence electrons. The van der Waals surface area contributed by atoms with Crippen LogP contribution in [-0.4, -0.2) is 37.1 Å². The highest BCUT2D eigenvalue weighted by atomic mass is 15.2. The molecule has 1 aromatic carbocycles. The van der Waals surface area contributed by atoms with E-state index in [-0.39, 0.29) is 0 Å². The summed E-state index contributed by atoms with van der Waals surface area (Å²) >= 11 is 0. The van der Waals surface area contributed by atoms with Crippen molar-refractivity contribution in [2.45, 2.75) is 45.1 Å². The van der Waals surface area contributed by atoms with Crippen molar-refractivity contribution in [3.8, 4) is 0 Å². The Labute approximate surface area is 122 Å². The van der Waals surface area contributed by atoms with Crippen molar-refractivity contribution in [1.29, 1.82) is 0 Å². The monoisotopic (exact) mass is 273 g/mol. The van der Waals surface area contributed by atoms with Crippen LogP contribution in [0.3, 0.4) is 0 Å². The van der Waals surface area contributed by atoms with Crippen LogP contribution in [0.4, 0.5) is 11.4 Å². The van der Waals surface area contributed by atoms with Crippen molar-refractivity contribution in [2.75, 3.05) is 36.8 Å². The van der Waals surface area contributed by atoms with Gasteiger partial charge in [0.2, 0.25) is 0 Å². The molecule has 3 rings (SSSR count). The molecule has 2 aliphatic heterocycles. The van der Waals surface area contributed by atoms with Crippen molar-refractivity contribution in [1.82, 2.24) is 4.90 Å². The molecule has 3 nitrogen and oxygen atoms in total. The van der Waals surface area contributed by atoms with Crippen molar-refractivity contribution in [2.24, 2.45) is 0 Å². The molecule has 0 amide bonds. The lowest BCUT2D eigenvalue weighted by Crippen LogP contribution is -2.46. The van der Waals surface area contributed by atoms with Crippen LogP contribution >= 0.6 is 0 Å². The van der Waals surface area contributed by atoms with E-state index < -0.39 is 0 Å². The van der Waals surface area contributed by atoms with E-state index in [9.17, 15) is 0 Å². The lowest BCUT2D eigenvalue weighted by Gasteiger charge is -2.41. The smallest absolute Gasteiger partial charge is 0.0602 e. The summed E-state index contributed by atoms with van der Waals surface area (Å²) in [5.74, 6) is 0. The van der Waals surface area contributed by atoms with Gasteiger partial charge in [-0.3, -0.25) is 0 Å². The molecule has 2 saturated heterocycles. The molecule has 2 aliphatic rings. The highest BCUT2D eigenvalue weighted by molar-refractivity contribution is 5.68. The van der Waals surface area contributed by atoms with Crippen LogP contribution in [0, 0.1) is 6.92 Å². The van der Waals surface area contributed by atoms with E-state index in [0.29, 0.717) is 0 Å². The van der Waals surface area contributed by atoms with E-state index in [4.69, 9.17) is 5.73 Å². The summed E-state index contributed by atoms with van der Waals surface area (Å²) in [5, 5.41) is 0. The number of aryl methyl sites for hydroxylation is 1. The molecule has 2 N–H and O–H groups in total. The molecule has 3 heteroatoms. The Morgan fingerprint density at radius 2 is 1.70 bits per heavy atom. The van der Waals surface area contributed by atoms with Gasteiger partial charge in [0, 0.05) is 19.1 Å². The second-order valence-corrected chi connectivity index (χ2v) is 6.38. The number of rotatable bonds is 2.